The van der Waals surface area contributed by atoms with E-state index in [1.807, 2.05) is 13.2 Å². The molecule has 35 heavy (non-hydrogen) atoms. The van der Waals surface area contributed by atoms with Crippen LogP contribution >= 0.6 is 0 Å². The predicted octanol–water partition coefficient (Wildman–Crippen LogP) is 4.45. The molecule has 8 aliphatic rings. The van der Waals surface area contributed by atoms with Crippen LogP contribution in [0.1, 0.15) is 57.1 Å². The zero-order valence-corrected chi connectivity index (χ0v) is 21.3. The second kappa shape index (κ2) is 6.85. The van der Waals surface area contributed by atoms with Crippen LogP contribution in [-0.2, 0) is 21.3 Å². The first-order chi connectivity index (χ1) is 17.0. The molecule has 3 unspecified atom stereocenters. The number of methoxy groups -OCH3 is 1. The van der Waals surface area contributed by atoms with E-state index in [0.29, 0.717) is 23.6 Å². The van der Waals surface area contributed by atoms with Gasteiger partial charge >= 0.3 is 0 Å². The van der Waals surface area contributed by atoms with Crippen molar-refractivity contribution in [3.05, 3.63) is 35.4 Å². The summed E-state index contributed by atoms with van der Waals surface area (Å²) in [4.78, 5) is 2.86. The number of likely N-dealkylation sites (tertiary alicyclic amines) is 1. The monoisotopic (exact) mass is 477 g/mol. The molecule has 0 amide bonds. The van der Waals surface area contributed by atoms with Crippen LogP contribution in [0.4, 0.5) is 0 Å². The van der Waals surface area contributed by atoms with E-state index in [4.69, 9.17) is 14.2 Å². The van der Waals surface area contributed by atoms with Gasteiger partial charge in [-0.3, -0.25) is 4.90 Å². The molecule has 1 saturated heterocycles. The highest BCUT2D eigenvalue weighted by Gasteiger charge is 2.83. The first-order valence-electron chi connectivity index (χ1n) is 14.1. The fourth-order valence-electron chi connectivity index (χ4n) is 10.1. The van der Waals surface area contributed by atoms with Crippen molar-refractivity contribution >= 4 is 0 Å². The van der Waals surface area contributed by atoms with Crippen molar-refractivity contribution in [2.75, 3.05) is 26.8 Å². The standard InChI is InChI=1S/C30H39NO4/c1-17(2)16-34-22-9-7-20-25(22)30(33-3)11-10-28(20)23-14-19-6-8-21(32)26-24(19)29(28,27(30)35-26)12-13-31(23)15-18-4-5-18/h6,8,10-11,17-18,20,22-23,25,27,32H,4-5,7,9,12-16H2,1-3H3/t20?,22?,23-,25?,27+,28-,29+,30-/m1/s1. The van der Waals surface area contributed by atoms with Gasteiger partial charge in [0, 0.05) is 43.2 Å². The third-order valence-corrected chi connectivity index (χ3v) is 11.3. The molecule has 1 N–H and O–H groups in total. The van der Waals surface area contributed by atoms with Gasteiger partial charge in [0.1, 0.15) is 11.7 Å². The van der Waals surface area contributed by atoms with Crippen LogP contribution < -0.4 is 4.74 Å². The van der Waals surface area contributed by atoms with E-state index in [2.05, 4.69) is 37.0 Å². The summed E-state index contributed by atoms with van der Waals surface area (Å²) in [5.74, 6) is 3.24. The van der Waals surface area contributed by atoms with E-state index in [9.17, 15) is 5.11 Å². The van der Waals surface area contributed by atoms with Crippen molar-refractivity contribution in [1.29, 1.82) is 0 Å². The summed E-state index contributed by atoms with van der Waals surface area (Å²) in [6, 6.07) is 4.54. The molecule has 5 heteroatoms. The van der Waals surface area contributed by atoms with Gasteiger partial charge in [0.15, 0.2) is 11.5 Å². The van der Waals surface area contributed by atoms with Gasteiger partial charge in [0.25, 0.3) is 0 Å². The maximum Gasteiger partial charge on any atom is 0.165 e. The van der Waals surface area contributed by atoms with Gasteiger partial charge in [-0.1, -0.05) is 32.1 Å². The number of piperidine rings is 1. The highest BCUT2D eigenvalue weighted by atomic mass is 16.6. The highest BCUT2D eigenvalue weighted by molar-refractivity contribution is 5.65. The third kappa shape index (κ3) is 2.34. The largest absolute Gasteiger partial charge is 0.504 e. The van der Waals surface area contributed by atoms with Gasteiger partial charge in [-0.15, -0.1) is 0 Å². The van der Waals surface area contributed by atoms with E-state index >= 15 is 0 Å². The number of hydrogen-bond donors (Lipinski definition) is 1. The molecule has 0 radical (unpaired) electrons. The number of benzene rings is 1. The minimum atomic E-state index is -0.520. The Labute approximate surface area is 208 Å². The first-order valence-corrected chi connectivity index (χ1v) is 14.1. The molecule has 0 aromatic heterocycles. The predicted molar refractivity (Wildman–Crippen MR) is 133 cm³/mol. The average molecular weight is 478 g/mol. The summed E-state index contributed by atoms with van der Waals surface area (Å²) >= 11 is 0. The van der Waals surface area contributed by atoms with Crippen molar-refractivity contribution in [3.63, 3.8) is 0 Å². The highest BCUT2D eigenvalue weighted by Crippen LogP contribution is 2.78. The van der Waals surface area contributed by atoms with Gasteiger partial charge < -0.3 is 19.3 Å². The Kier molecular flexibility index (Phi) is 4.21. The van der Waals surface area contributed by atoms with Gasteiger partial charge in [0.05, 0.1) is 11.5 Å². The summed E-state index contributed by atoms with van der Waals surface area (Å²) in [5.41, 5.74) is 2.08. The Morgan fingerprint density at radius 2 is 2.03 bits per heavy atom. The van der Waals surface area contributed by atoms with Crippen LogP contribution in [0.5, 0.6) is 11.5 Å². The second-order valence-corrected chi connectivity index (χ2v) is 13.1. The smallest absolute Gasteiger partial charge is 0.165 e. The van der Waals surface area contributed by atoms with Crippen molar-refractivity contribution in [3.8, 4) is 11.5 Å². The summed E-state index contributed by atoms with van der Waals surface area (Å²) in [7, 11) is 1.88. The fourth-order valence-corrected chi connectivity index (χ4v) is 10.1. The lowest BCUT2D eigenvalue weighted by Gasteiger charge is -2.73. The van der Waals surface area contributed by atoms with Crippen LogP contribution in [0.3, 0.4) is 0 Å². The number of hydrogen-bond acceptors (Lipinski definition) is 5. The van der Waals surface area contributed by atoms with E-state index in [1.165, 1.54) is 36.9 Å². The Morgan fingerprint density at radius 3 is 2.80 bits per heavy atom. The van der Waals surface area contributed by atoms with E-state index in [-0.39, 0.29) is 29.0 Å². The number of ether oxygens (including phenoxy) is 3. The molecule has 8 atom stereocenters. The van der Waals surface area contributed by atoms with Crippen LogP contribution in [0.25, 0.3) is 0 Å². The maximum absolute atomic E-state index is 11.0. The van der Waals surface area contributed by atoms with Crippen molar-refractivity contribution in [1.82, 2.24) is 4.90 Å². The minimum absolute atomic E-state index is 0.0116. The molecule has 9 rings (SSSR count). The molecule has 2 heterocycles. The summed E-state index contributed by atoms with van der Waals surface area (Å²) in [6.45, 7) is 7.63. The van der Waals surface area contributed by atoms with E-state index in [1.54, 1.807) is 0 Å². The summed E-state index contributed by atoms with van der Waals surface area (Å²) < 4.78 is 20.2. The van der Waals surface area contributed by atoms with Gasteiger partial charge in [-0.05, 0) is 74.5 Å². The third-order valence-electron chi connectivity index (χ3n) is 11.3. The number of nitrogens with zero attached hydrogens (tertiary/aromatic N) is 1. The molecular formula is C30H39NO4. The Bertz CT molecular complexity index is 1110. The Hall–Kier alpha value is -1.56. The molecule has 1 aromatic carbocycles. The van der Waals surface area contributed by atoms with Crippen LogP contribution in [0.2, 0.25) is 0 Å². The molecule has 188 valence electrons. The van der Waals surface area contributed by atoms with Crippen LogP contribution in [0, 0.1) is 29.1 Å². The lowest BCUT2D eigenvalue weighted by atomic mass is 9.34. The molecule has 5 nitrogen and oxygen atoms in total. The average Bonchev–Trinajstić information content (AvgIpc) is 3.42. The number of phenolic OH excluding ortho intramolecular Hbond substituents is 1. The second-order valence-electron chi connectivity index (χ2n) is 13.1. The molecule has 2 spiro atoms. The number of rotatable bonds is 6. The van der Waals surface area contributed by atoms with Crippen molar-refractivity contribution < 1.29 is 19.3 Å². The molecule has 4 bridgehead atoms. The lowest BCUT2D eigenvalue weighted by molar-refractivity contribution is -0.251. The molecule has 2 aliphatic heterocycles. The number of phenols is 1. The summed E-state index contributed by atoms with van der Waals surface area (Å²) in [5, 5.41) is 11.0. The van der Waals surface area contributed by atoms with E-state index in [0.717, 1.165) is 44.1 Å². The lowest BCUT2D eigenvalue weighted by Crippen LogP contribution is -2.82. The molecular weight excluding hydrogens is 438 g/mol. The Balaban J connectivity index is 1.35. The zero-order valence-electron chi connectivity index (χ0n) is 21.3. The van der Waals surface area contributed by atoms with Crippen LogP contribution in [0.15, 0.2) is 24.3 Å². The molecule has 1 aromatic rings. The molecule has 4 fully saturated rings. The fraction of sp³-hybridized carbons (Fsp3) is 0.733. The van der Waals surface area contributed by atoms with E-state index < -0.39 is 5.60 Å². The summed E-state index contributed by atoms with van der Waals surface area (Å²) in [6.07, 6.45) is 12.3. The first kappa shape index (κ1) is 21.5. The molecule has 3 saturated carbocycles. The SMILES string of the molecule is CO[C@]12C=C[C@@]3(C4CCC(OCC(C)C)C41)[C@H]1Cc4ccc(O)c5c4[C@@]3(CCN1CC1CC1)[C@@H]2O5. The van der Waals surface area contributed by atoms with Gasteiger partial charge in [0.2, 0.25) is 0 Å². The topological polar surface area (TPSA) is 51.2 Å². The van der Waals surface area contributed by atoms with Crippen molar-refractivity contribution in [2.45, 2.75) is 81.6 Å². The maximum atomic E-state index is 11.0. The van der Waals surface area contributed by atoms with Crippen molar-refractivity contribution in [2.24, 2.45) is 29.1 Å². The number of aromatic hydroxyl groups is 1. The van der Waals surface area contributed by atoms with Gasteiger partial charge in [-0.2, -0.15) is 0 Å². The quantitative estimate of drug-likeness (QED) is 0.614. The van der Waals surface area contributed by atoms with Gasteiger partial charge in [-0.25, -0.2) is 0 Å². The normalized spacial score (nSPS) is 46.1. The molecule has 6 aliphatic carbocycles. The zero-order chi connectivity index (χ0) is 23.7. The Morgan fingerprint density at radius 1 is 1.17 bits per heavy atom. The van der Waals surface area contributed by atoms with Crippen LogP contribution in [-0.4, -0.2) is 60.7 Å². The minimum Gasteiger partial charge on any atom is -0.504 e.